The first-order chi connectivity index (χ1) is 65.1. The minimum absolute atomic E-state index is 0.00132. The van der Waals surface area contributed by atoms with Crippen LogP contribution in [-0.2, 0) is 25.7 Å². The zero-order valence-corrected chi connectivity index (χ0v) is 71.2. The summed E-state index contributed by atoms with van der Waals surface area (Å²) in [5, 5.41) is 156. The summed E-state index contributed by atoms with van der Waals surface area (Å²) in [6, 6.07) is 32.7. The molecular formula is C92H64N16O28. The lowest BCUT2D eigenvalue weighted by Gasteiger charge is -2.24. The minimum Gasteiger partial charge on any atom is -0.493 e. The summed E-state index contributed by atoms with van der Waals surface area (Å²) in [6.07, 6.45) is -0.494. The fourth-order valence-corrected chi connectivity index (χ4v) is 17.8. The van der Waals surface area contributed by atoms with Gasteiger partial charge in [0.15, 0.2) is 0 Å². The number of nitro benzene ring substituents is 12. The summed E-state index contributed by atoms with van der Waals surface area (Å²) in [5.41, 5.74) is -10.6. The SMILES string of the molecule is CCCOc1c2cc(N=C3c4cc([N+](=O)[O-])ccc4-c4c3cc([N+](=O)[O-])cc4[N+](=O)[O-])cc1Cc1cc(N=C3c4cc([N+](=O)[O-])ccc4-c4c3cc([N+](=O)[O-])cc4[N+](=O)[O-])cc(c1OCCC)Cc1cc(N=C3c4cc([N+](=O)[O-])ccc4-c4c3cc([N+](=O)[O-])cc4[N+](=O)[O-])cc(c1OCCC)Cc1cc(N=C3c4cc([N+](=O)[O-])ccc4-c4c3cc([N+](=O)[O-])cc4[N+](=O)[O-])cc(c1OCCC)C2. The van der Waals surface area contributed by atoms with Gasteiger partial charge in [-0.3, -0.25) is 121 Å². The van der Waals surface area contributed by atoms with Crippen molar-refractivity contribution in [2.45, 2.75) is 79.1 Å². The Morgan fingerprint density at radius 3 is 0.537 bits per heavy atom. The third-order valence-corrected chi connectivity index (χ3v) is 23.2. The first-order valence-electron chi connectivity index (χ1n) is 41.7. The predicted octanol–water partition coefficient (Wildman–Crippen LogP) is 21.0. The highest BCUT2D eigenvalue weighted by Crippen LogP contribution is 2.55. The molecule has 0 heterocycles. The number of benzene rings is 12. The molecule has 0 saturated heterocycles. The molecule has 136 heavy (non-hydrogen) atoms. The first-order valence-corrected chi connectivity index (χ1v) is 41.7. The van der Waals surface area contributed by atoms with Crippen LogP contribution in [-0.4, -0.2) is 108 Å². The molecule has 0 aromatic heterocycles. The summed E-state index contributed by atoms with van der Waals surface area (Å²) in [7, 11) is 0. The van der Waals surface area contributed by atoms with E-state index in [0.29, 0.717) is 0 Å². The van der Waals surface area contributed by atoms with Gasteiger partial charge in [0, 0.05) is 187 Å². The third-order valence-electron chi connectivity index (χ3n) is 23.2. The highest BCUT2D eigenvalue weighted by atomic mass is 16.7. The van der Waals surface area contributed by atoms with Crippen molar-refractivity contribution < 1.29 is 78.0 Å². The van der Waals surface area contributed by atoms with E-state index in [4.69, 9.17) is 38.9 Å². The number of aliphatic imine (C=N–C) groups is 4. The Morgan fingerprint density at radius 1 is 0.213 bits per heavy atom. The van der Waals surface area contributed by atoms with Crippen LogP contribution in [0, 0.1) is 121 Å². The van der Waals surface area contributed by atoms with Gasteiger partial charge in [0.25, 0.3) is 68.2 Å². The van der Waals surface area contributed by atoms with Gasteiger partial charge < -0.3 is 18.9 Å². The summed E-state index contributed by atoms with van der Waals surface area (Å²) in [6.45, 7) is 6.81. The molecule has 0 fully saturated rings. The molecule has 0 aliphatic heterocycles. The van der Waals surface area contributed by atoms with Gasteiger partial charge in [-0.15, -0.1) is 0 Å². The summed E-state index contributed by atoms with van der Waals surface area (Å²) < 4.78 is 28.0. The molecule has 0 saturated carbocycles. The monoisotopic (exact) mass is 1840 g/mol. The molecule has 5 aliphatic carbocycles. The van der Waals surface area contributed by atoms with Crippen molar-refractivity contribution in [3.8, 4) is 67.5 Å². The number of nitrogens with zero attached hydrogens (tertiary/aromatic N) is 16. The van der Waals surface area contributed by atoms with Crippen LogP contribution in [0.5, 0.6) is 23.0 Å². The molecule has 44 nitrogen and oxygen atoms in total. The maximum Gasteiger partial charge on any atom is 0.284 e. The lowest BCUT2D eigenvalue weighted by Crippen LogP contribution is -2.10. The van der Waals surface area contributed by atoms with Crippen molar-refractivity contribution in [3.63, 3.8) is 0 Å². The van der Waals surface area contributed by atoms with Crippen LogP contribution in [0.1, 0.15) is 142 Å². The van der Waals surface area contributed by atoms with E-state index < -0.39 is 153 Å². The van der Waals surface area contributed by atoms with Gasteiger partial charge in [-0.1, -0.05) is 27.7 Å². The van der Waals surface area contributed by atoms with E-state index in [9.17, 15) is 121 Å². The Bertz CT molecular complexity index is 6640. The molecule has 8 bridgehead atoms. The van der Waals surface area contributed by atoms with E-state index >= 15 is 0 Å². The number of ether oxygens (including phenoxy) is 4. The number of hydrogen-bond acceptors (Lipinski definition) is 32. The number of rotatable bonds is 28. The first kappa shape index (κ1) is 89.3. The Kier molecular flexibility index (Phi) is 23.2. The molecule has 0 spiro atoms. The molecule has 44 heteroatoms. The van der Waals surface area contributed by atoms with Crippen molar-refractivity contribution in [2.24, 2.45) is 20.0 Å². The molecule has 0 unspecified atom stereocenters. The minimum atomic E-state index is -0.880. The van der Waals surface area contributed by atoms with E-state index in [0.717, 1.165) is 97.1 Å². The van der Waals surface area contributed by atoms with Crippen LogP contribution in [0.3, 0.4) is 0 Å². The summed E-state index contributed by atoms with van der Waals surface area (Å²) in [5.74, 6) is 0.288. The molecule has 0 atom stereocenters. The smallest absolute Gasteiger partial charge is 0.284 e. The Morgan fingerprint density at radius 2 is 0.382 bits per heavy atom. The quantitative estimate of drug-likeness (QED) is 0.0324. The lowest BCUT2D eigenvalue weighted by molar-refractivity contribution is -0.394. The van der Waals surface area contributed by atoms with Crippen LogP contribution >= 0.6 is 0 Å². The third kappa shape index (κ3) is 16.2. The van der Waals surface area contributed by atoms with Crippen molar-refractivity contribution in [2.75, 3.05) is 26.4 Å². The van der Waals surface area contributed by atoms with Gasteiger partial charge in [0.05, 0.1) is 178 Å². The predicted molar refractivity (Wildman–Crippen MR) is 489 cm³/mol. The fourth-order valence-electron chi connectivity index (χ4n) is 17.8. The van der Waals surface area contributed by atoms with E-state index in [1.807, 2.05) is 0 Å². The average Bonchev–Trinajstić information content (AvgIpc) is 1.56. The van der Waals surface area contributed by atoms with Gasteiger partial charge in [0.1, 0.15) is 23.0 Å². The Hall–Kier alpha value is -18.7. The molecule has 0 radical (unpaired) electrons. The second kappa shape index (κ2) is 35.3. The normalized spacial score (nSPS) is 13.7. The molecule has 0 N–H and O–H groups in total. The average molecular weight is 1840 g/mol. The van der Waals surface area contributed by atoms with Crippen LogP contribution in [0.15, 0.2) is 190 Å². The number of non-ortho nitro benzene ring substituents is 8. The van der Waals surface area contributed by atoms with E-state index in [-0.39, 0.29) is 254 Å². The van der Waals surface area contributed by atoms with Gasteiger partial charge in [-0.2, -0.15) is 0 Å². The van der Waals surface area contributed by atoms with Gasteiger partial charge in [-0.25, -0.2) is 20.0 Å². The largest absolute Gasteiger partial charge is 0.493 e. The molecule has 12 aromatic carbocycles. The zero-order chi connectivity index (χ0) is 96.6. The van der Waals surface area contributed by atoms with Crippen LogP contribution in [0.25, 0.3) is 44.5 Å². The molecule has 680 valence electrons. The highest BCUT2D eigenvalue weighted by molar-refractivity contribution is 6.30. The van der Waals surface area contributed by atoms with Crippen molar-refractivity contribution in [1.82, 2.24) is 0 Å². The summed E-state index contributed by atoms with van der Waals surface area (Å²) >= 11 is 0. The Balaban J connectivity index is 1.04. The molecule has 12 aromatic rings. The lowest BCUT2D eigenvalue weighted by atomic mass is 9.90. The molecule has 0 amide bonds. The van der Waals surface area contributed by atoms with E-state index in [1.54, 1.807) is 27.7 Å². The number of fused-ring (bicyclic) bond motifs is 20. The summed E-state index contributed by atoms with van der Waals surface area (Å²) in [4.78, 5) is 167. The standard InChI is InChI=1S/C92H64N16O28/c1-5-17-133-89-45-21-47-27-54(94-86-70-34-58(98(111)112)10-14-66(70)82-74(86)38-62(102(119)120)42-78(82)106(127)128)29-49(90(47)134-18-6-2)23-51-31-56(96-88-72-36-60(100(115)116)12-16-68(72)84-76(88)40-64(104(123)124)44-80(84)108(131)132)32-52(92(51)136-20-8-4)24-50-30-55(95-87-71-35-59(99(113)114)11-15-67(71)83-75(87)39-63(103(121)122)43-79(83)107(129)130)28-48(91(50)135-19-7-3)22-46(89)26-53(25-45)93-85-69-33-57(97(109)110)9-13-65(69)81-73(85)37-61(101(117)118)41-77(81)105(125)126/h9-16,25-44H,5-8,17-24H2,1-4H3. The second-order valence-electron chi connectivity index (χ2n) is 31.9. The van der Waals surface area contributed by atoms with Crippen LogP contribution in [0.2, 0.25) is 0 Å². The molecule has 5 aliphatic rings. The van der Waals surface area contributed by atoms with Crippen molar-refractivity contribution in [3.05, 3.63) is 380 Å². The number of nitro groups is 12. The van der Waals surface area contributed by atoms with Gasteiger partial charge >= 0.3 is 0 Å². The Labute approximate surface area is 761 Å². The number of hydrogen-bond donors (Lipinski definition) is 0. The fraction of sp³-hybridized carbons (Fsp3) is 0.174. The van der Waals surface area contributed by atoms with Crippen LogP contribution in [0.4, 0.5) is 91.0 Å². The maximum atomic E-state index is 13.2. The van der Waals surface area contributed by atoms with Crippen LogP contribution < -0.4 is 18.9 Å². The molecule has 17 rings (SSSR count). The van der Waals surface area contributed by atoms with Crippen molar-refractivity contribution >= 4 is 114 Å². The van der Waals surface area contributed by atoms with Gasteiger partial charge in [-0.05, 0) is 121 Å². The zero-order valence-electron chi connectivity index (χ0n) is 71.2. The second-order valence-corrected chi connectivity index (χ2v) is 31.9. The topological polar surface area (TPSA) is 604 Å². The maximum absolute atomic E-state index is 13.2. The van der Waals surface area contributed by atoms with E-state index in [1.165, 1.54) is 72.8 Å². The van der Waals surface area contributed by atoms with Crippen molar-refractivity contribution in [1.29, 1.82) is 0 Å². The van der Waals surface area contributed by atoms with E-state index in [2.05, 4.69) is 0 Å². The molecular weight excluding hydrogens is 1780 g/mol. The highest BCUT2D eigenvalue weighted by Gasteiger charge is 2.43. The van der Waals surface area contributed by atoms with Gasteiger partial charge in [0.2, 0.25) is 0 Å².